The number of carbonyl (C=O) groups excluding carboxylic acids is 1. The highest BCUT2D eigenvalue weighted by Crippen LogP contribution is 2.41. The predicted octanol–water partition coefficient (Wildman–Crippen LogP) is 5.59. The van der Waals surface area contributed by atoms with Gasteiger partial charge in [0.15, 0.2) is 0 Å². The Bertz CT molecular complexity index is 616. The molecule has 3 nitrogen and oxygen atoms in total. The van der Waals surface area contributed by atoms with Crippen molar-refractivity contribution in [2.24, 2.45) is 0 Å². The second-order valence-electron chi connectivity index (χ2n) is 7.28. The number of nitrogens with zero attached hydrogens (tertiary/aromatic N) is 1. The Morgan fingerprint density at radius 1 is 1.22 bits per heavy atom. The average Bonchev–Trinajstić information content (AvgIpc) is 2.63. The van der Waals surface area contributed by atoms with E-state index in [1.807, 2.05) is 48.6 Å². The summed E-state index contributed by atoms with van der Waals surface area (Å²) in [4.78, 5) is 15.7. The lowest BCUT2D eigenvalue weighted by atomic mass is 10.00. The van der Waals surface area contributed by atoms with Crippen LogP contribution in [0, 0.1) is 0 Å². The van der Waals surface area contributed by atoms with Crippen molar-refractivity contribution in [1.29, 1.82) is 0 Å². The van der Waals surface area contributed by atoms with Crippen molar-refractivity contribution in [3.8, 4) is 0 Å². The molecule has 1 aromatic rings. The van der Waals surface area contributed by atoms with E-state index in [0.29, 0.717) is 20.5 Å². The molecule has 1 aliphatic rings. The van der Waals surface area contributed by atoms with Crippen LogP contribution in [-0.4, -0.2) is 53.7 Å². The number of halogens is 2. The summed E-state index contributed by atoms with van der Waals surface area (Å²) >= 11 is 15.9. The van der Waals surface area contributed by atoms with E-state index < -0.39 is 0 Å². The van der Waals surface area contributed by atoms with Gasteiger partial charge in [0.2, 0.25) is 5.91 Å². The summed E-state index contributed by atoms with van der Waals surface area (Å²) in [7, 11) is 4.10. The maximum atomic E-state index is 12.4. The van der Waals surface area contributed by atoms with Crippen molar-refractivity contribution in [3.63, 3.8) is 0 Å². The van der Waals surface area contributed by atoms with Crippen LogP contribution in [-0.2, 0) is 4.79 Å². The molecule has 27 heavy (non-hydrogen) atoms. The van der Waals surface area contributed by atoms with Gasteiger partial charge in [0.05, 0.1) is 15.3 Å². The molecule has 0 aliphatic heterocycles. The lowest BCUT2D eigenvalue weighted by Crippen LogP contribution is -2.35. The van der Waals surface area contributed by atoms with Gasteiger partial charge in [-0.15, -0.1) is 23.5 Å². The monoisotopic (exact) mass is 448 g/mol. The zero-order valence-electron chi connectivity index (χ0n) is 16.3. The molecular weight excluding hydrogens is 419 g/mol. The molecule has 7 heteroatoms. The van der Waals surface area contributed by atoms with E-state index >= 15 is 0 Å². The van der Waals surface area contributed by atoms with Crippen LogP contribution in [0.5, 0.6) is 0 Å². The summed E-state index contributed by atoms with van der Waals surface area (Å²) in [5.74, 6) is 0.155. The fraction of sp³-hybridized carbons (Fsp3) is 0.650. The average molecular weight is 450 g/mol. The van der Waals surface area contributed by atoms with Crippen LogP contribution < -0.4 is 5.32 Å². The standard InChI is InChI=1S/C20H30Cl2N2OS2/c1-14(20(25)23-11-6-12-24(2)3)26-18-7-4-5-8-19(18)27-15-9-10-16(21)17(22)13-15/h9-10,13-14,18-19H,4-8,11-12H2,1-3H3,(H,23,25). The largest absolute Gasteiger partial charge is 0.355 e. The van der Waals surface area contributed by atoms with Gasteiger partial charge in [-0.1, -0.05) is 36.0 Å². The van der Waals surface area contributed by atoms with Crippen molar-refractivity contribution < 1.29 is 4.79 Å². The van der Waals surface area contributed by atoms with E-state index in [-0.39, 0.29) is 11.2 Å². The first kappa shape index (κ1) is 23.2. The molecule has 1 N–H and O–H groups in total. The molecule has 1 aliphatic carbocycles. The van der Waals surface area contributed by atoms with Gasteiger partial charge >= 0.3 is 0 Å². The number of rotatable bonds is 9. The van der Waals surface area contributed by atoms with Crippen LogP contribution in [0.2, 0.25) is 10.0 Å². The second kappa shape index (κ2) is 11.8. The van der Waals surface area contributed by atoms with Crippen LogP contribution >= 0.6 is 46.7 Å². The normalized spacial score (nSPS) is 21.3. The predicted molar refractivity (Wildman–Crippen MR) is 122 cm³/mol. The summed E-state index contributed by atoms with van der Waals surface area (Å²) in [6.45, 7) is 3.77. The SMILES string of the molecule is CC(SC1CCCCC1Sc1ccc(Cl)c(Cl)c1)C(=O)NCCCN(C)C. The first-order chi connectivity index (χ1) is 12.9. The van der Waals surface area contributed by atoms with Gasteiger partial charge in [-0.3, -0.25) is 4.79 Å². The number of benzene rings is 1. The van der Waals surface area contributed by atoms with Gasteiger partial charge in [0, 0.05) is 21.9 Å². The van der Waals surface area contributed by atoms with Crippen LogP contribution in [0.15, 0.2) is 23.1 Å². The van der Waals surface area contributed by atoms with Crippen LogP contribution in [0.25, 0.3) is 0 Å². The van der Waals surface area contributed by atoms with E-state index in [4.69, 9.17) is 23.2 Å². The van der Waals surface area contributed by atoms with E-state index in [0.717, 1.165) is 24.4 Å². The third-order valence-electron chi connectivity index (χ3n) is 4.65. The van der Waals surface area contributed by atoms with Crippen LogP contribution in [0.1, 0.15) is 39.0 Å². The Balaban J connectivity index is 1.86. The third kappa shape index (κ3) is 8.06. The summed E-state index contributed by atoms with van der Waals surface area (Å²) in [5, 5.41) is 5.24. The van der Waals surface area contributed by atoms with E-state index in [2.05, 4.69) is 24.3 Å². The summed E-state index contributed by atoms with van der Waals surface area (Å²) in [6.07, 6.45) is 5.82. The fourth-order valence-corrected chi connectivity index (χ4v) is 6.47. The molecule has 0 aromatic heterocycles. The lowest BCUT2D eigenvalue weighted by molar-refractivity contribution is -0.120. The Hall–Kier alpha value is -0.0700. The minimum Gasteiger partial charge on any atom is -0.355 e. The fourth-order valence-electron chi connectivity index (χ4n) is 3.15. The van der Waals surface area contributed by atoms with Gasteiger partial charge in [-0.2, -0.15) is 0 Å². The highest BCUT2D eigenvalue weighted by Gasteiger charge is 2.29. The van der Waals surface area contributed by atoms with E-state index in [1.165, 1.54) is 25.7 Å². The molecule has 152 valence electrons. The Kier molecular flexibility index (Phi) is 10.2. The Morgan fingerprint density at radius 3 is 2.59 bits per heavy atom. The maximum Gasteiger partial charge on any atom is 0.232 e. The molecule has 1 aromatic carbocycles. The van der Waals surface area contributed by atoms with E-state index in [9.17, 15) is 4.79 Å². The molecular formula is C20H30Cl2N2OS2. The highest BCUT2D eigenvalue weighted by atomic mass is 35.5. The summed E-state index contributed by atoms with van der Waals surface area (Å²) < 4.78 is 0. The van der Waals surface area contributed by atoms with Gasteiger partial charge in [0.25, 0.3) is 0 Å². The first-order valence-electron chi connectivity index (χ1n) is 9.56. The number of thioether (sulfide) groups is 2. The van der Waals surface area contributed by atoms with E-state index in [1.54, 1.807) is 0 Å². The maximum absolute atomic E-state index is 12.4. The van der Waals surface area contributed by atoms with Crippen molar-refractivity contribution in [1.82, 2.24) is 10.2 Å². The number of hydrogen-bond acceptors (Lipinski definition) is 4. The number of carbonyl (C=O) groups is 1. The number of hydrogen-bond donors (Lipinski definition) is 1. The minimum atomic E-state index is -0.0237. The van der Waals surface area contributed by atoms with Gasteiger partial charge in [-0.25, -0.2) is 0 Å². The molecule has 2 rings (SSSR count). The molecule has 0 heterocycles. The molecule has 3 unspecified atom stereocenters. The van der Waals surface area contributed by atoms with Gasteiger partial charge < -0.3 is 10.2 Å². The molecule has 3 atom stereocenters. The molecule has 0 spiro atoms. The number of nitrogens with one attached hydrogen (secondary N) is 1. The first-order valence-corrected chi connectivity index (χ1v) is 12.1. The van der Waals surface area contributed by atoms with Crippen LogP contribution in [0.3, 0.4) is 0 Å². The Morgan fingerprint density at radius 2 is 1.93 bits per heavy atom. The van der Waals surface area contributed by atoms with Crippen molar-refractivity contribution >= 4 is 52.6 Å². The zero-order valence-corrected chi connectivity index (χ0v) is 19.5. The molecule has 0 radical (unpaired) electrons. The summed E-state index contributed by atoms with van der Waals surface area (Å²) in [6, 6.07) is 5.85. The molecule has 0 saturated heterocycles. The highest BCUT2D eigenvalue weighted by molar-refractivity contribution is 8.04. The molecule has 0 bridgehead atoms. The van der Waals surface area contributed by atoms with Gasteiger partial charge in [0.1, 0.15) is 0 Å². The van der Waals surface area contributed by atoms with Crippen molar-refractivity contribution in [2.75, 3.05) is 27.2 Å². The van der Waals surface area contributed by atoms with Crippen molar-refractivity contribution in [3.05, 3.63) is 28.2 Å². The van der Waals surface area contributed by atoms with Crippen molar-refractivity contribution in [2.45, 2.75) is 59.7 Å². The van der Waals surface area contributed by atoms with Gasteiger partial charge in [-0.05, 0) is 65.0 Å². The third-order valence-corrected chi connectivity index (χ3v) is 8.49. The van der Waals surface area contributed by atoms with Crippen LogP contribution in [0.4, 0.5) is 0 Å². The smallest absolute Gasteiger partial charge is 0.232 e. The molecule has 1 amide bonds. The summed E-state index contributed by atoms with van der Waals surface area (Å²) in [5.41, 5.74) is 0. The zero-order chi connectivity index (χ0) is 19.8. The molecule has 1 saturated carbocycles. The second-order valence-corrected chi connectivity index (χ2v) is 11.0. The minimum absolute atomic E-state index is 0.0237. The quantitative estimate of drug-likeness (QED) is 0.499. The number of amides is 1. The topological polar surface area (TPSA) is 32.3 Å². The molecule has 1 fully saturated rings. The lowest BCUT2D eigenvalue weighted by Gasteiger charge is -2.32. The Labute approximate surface area is 182 Å².